The Morgan fingerprint density at radius 1 is 1.39 bits per heavy atom. The van der Waals surface area contributed by atoms with Crippen molar-refractivity contribution in [3.63, 3.8) is 0 Å². The second kappa shape index (κ2) is 5.84. The molecule has 1 aromatic rings. The Labute approximate surface area is 109 Å². The smallest absolute Gasteiger partial charge is 0.251 e. The predicted molar refractivity (Wildman–Crippen MR) is 66.5 cm³/mol. The minimum absolute atomic E-state index is 0.0537. The molecule has 18 heavy (non-hydrogen) atoms. The second-order valence-corrected chi connectivity index (χ2v) is 4.43. The number of carbonyl (C=O) groups excluding carboxylic acids is 2. The molecule has 5 nitrogen and oxygen atoms in total. The Hall–Kier alpha value is -1.59. The summed E-state index contributed by atoms with van der Waals surface area (Å²) in [7, 11) is 0. The van der Waals surface area contributed by atoms with Crippen molar-refractivity contribution in [2.75, 3.05) is 19.8 Å². The lowest BCUT2D eigenvalue weighted by Crippen LogP contribution is -2.51. The molecule has 0 aliphatic carbocycles. The van der Waals surface area contributed by atoms with Gasteiger partial charge in [-0.3, -0.25) is 9.59 Å². The lowest BCUT2D eigenvalue weighted by Gasteiger charge is -2.26. The van der Waals surface area contributed by atoms with Gasteiger partial charge in [0, 0.05) is 10.6 Å². The van der Waals surface area contributed by atoms with Crippen LogP contribution in [0.5, 0.6) is 0 Å². The van der Waals surface area contributed by atoms with Crippen LogP contribution in [0, 0.1) is 0 Å². The van der Waals surface area contributed by atoms with E-state index in [0.29, 0.717) is 23.8 Å². The summed E-state index contributed by atoms with van der Waals surface area (Å²) in [4.78, 5) is 23.1. The van der Waals surface area contributed by atoms with Gasteiger partial charge in [0.1, 0.15) is 0 Å². The van der Waals surface area contributed by atoms with E-state index in [1.54, 1.807) is 24.3 Å². The van der Waals surface area contributed by atoms with Crippen molar-refractivity contribution in [2.45, 2.75) is 6.04 Å². The van der Waals surface area contributed by atoms with Crippen LogP contribution < -0.4 is 10.6 Å². The van der Waals surface area contributed by atoms with E-state index in [-0.39, 0.29) is 24.4 Å². The standard InChI is InChI=1S/C12H13ClN2O3/c13-9-3-1-2-8(4-9)12(17)14-5-11(16)15-10-6-18-7-10/h1-4,10H,5-7H2,(H,14,17)(H,15,16). The molecule has 0 unspecified atom stereocenters. The molecule has 1 aliphatic rings. The number of amides is 2. The van der Waals surface area contributed by atoms with Crippen LogP contribution in [0.1, 0.15) is 10.4 Å². The first-order chi connectivity index (χ1) is 8.65. The van der Waals surface area contributed by atoms with Crippen LogP contribution >= 0.6 is 11.6 Å². The summed E-state index contributed by atoms with van der Waals surface area (Å²) in [6, 6.07) is 6.62. The summed E-state index contributed by atoms with van der Waals surface area (Å²) >= 11 is 5.77. The van der Waals surface area contributed by atoms with Crippen molar-refractivity contribution in [1.82, 2.24) is 10.6 Å². The molecule has 1 fully saturated rings. The van der Waals surface area contributed by atoms with Gasteiger partial charge in [0.25, 0.3) is 5.91 Å². The van der Waals surface area contributed by atoms with Gasteiger partial charge in [-0.25, -0.2) is 0 Å². The third-order valence-electron chi connectivity index (χ3n) is 2.50. The predicted octanol–water partition coefficient (Wildman–Crippen LogP) is 0.585. The van der Waals surface area contributed by atoms with E-state index in [9.17, 15) is 9.59 Å². The Balaban J connectivity index is 1.78. The number of hydrogen-bond donors (Lipinski definition) is 2. The zero-order valence-electron chi connectivity index (χ0n) is 9.61. The maximum absolute atomic E-state index is 11.7. The van der Waals surface area contributed by atoms with Crippen molar-refractivity contribution < 1.29 is 14.3 Å². The molecule has 2 N–H and O–H groups in total. The van der Waals surface area contributed by atoms with Crippen LogP contribution in [0.25, 0.3) is 0 Å². The van der Waals surface area contributed by atoms with Crippen molar-refractivity contribution in [3.8, 4) is 0 Å². The second-order valence-electron chi connectivity index (χ2n) is 3.99. The van der Waals surface area contributed by atoms with E-state index in [0.717, 1.165) is 0 Å². The molecule has 2 amide bonds. The topological polar surface area (TPSA) is 67.4 Å². The SMILES string of the molecule is O=C(CNC(=O)c1cccc(Cl)c1)NC1COC1. The van der Waals surface area contributed by atoms with Gasteiger partial charge in [-0.2, -0.15) is 0 Å². The Kier molecular flexibility index (Phi) is 4.17. The molecule has 6 heteroatoms. The highest BCUT2D eigenvalue weighted by atomic mass is 35.5. The first kappa shape index (κ1) is 12.9. The average Bonchev–Trinajstić information content (AvgIpc) is 2.31. The summed E-state index contributed by atoms with van der Waals surface area (Å²) in [5.41, 5.74) is 0.433. The van der Waals surface area contributed by atoms with Gasteiger partial charge in [0.15, 0.2) is 0 Å². The highest BCUT2D eigenvalue weighted by Gasteiger charge is 2.20. The quantitative estimate of drug-likeness (QED) is 0.840. The molecule has 2 rings (SSSR count). The number of rotatable bonds is 4. The van der Waals surface area contributed by atoms with E-state index in [2.05, 4.69) is 10.6 Å². The Morgan fingerprint density at radius 2 is 2.17 bits per heavy atom. The molecule has 0 atom stereocenters. The fourth-order valence-corrected chi connectivity index (χ4v) is 1.68. The zero-order valence-corrected chi connectivity index (χ0v) is 10.4. The van der Waals surface area contributed by atoms with Gasteiger partial charge >= 0.3 is 0 Å². The molecule has 0 bridgehead atoms. The first-order valence-corrected chi connectivity index (χ1v) is 5.94. The van der Waals surface area contributed by atoms with Gasteiger partial charge in [0.05, 0.1) is 25.8 Å². The van der Waals surface area contributed by atoms with Crippen molar-refractivity contribution in [2.24, 2.45) is 0 Å². The molecule has 0 spiro atoms. The van der Waals surface area contributed by atoms with Gasteiger partial charge < -0.3 is 15.4 Å². The maximum atomic E-state index is 11.7. The molecule has 1 heterocycles. The summed E-state index contributed by atoms with van der Waals surface area (Å²) < 4.78 is 4.93. The van der Waals surface area contributed by atoms with E-state index in [1.165, 1.54) is 0 Å². The highest BCUT2D eigenvalue weighted by Crippen LogP contribution is 2.10. The maximum Gasteiger partial charge on any atom is 0.251 e. The fraction of sp³-hybridized carbons (Fsp3) is 0.333. The summed E-state index contributed by atoms with van der Waals surface area (Å²) in [5, 5.41) is 5.74. The van der Waals surface area contributed by atoms with E-state index in [1.807, 2.05) is 0 Å². The monoisotopic (exact) mass is 268 g/mol. The third-order valence-corrected chi connectivity index (χ3v) is 2.73. The molecule has 96 valence electrons. The number of halogens is 1. The third kappa shape index (κ3) is 3.45. The number of hydrogen-bond acceptors (Lipinski definition) is 3. The van der Waals surface area contributed by atoms with Crippen molar-refractivity contribution in [3.05, 3.63) is 34.9 Å². The molecule has 1 aromatic carbocycles. The average molecular weight is 269 g/mol. The zero-order chi connectivity index (χ0) is 13.0. The number of ether oxygens (including phenoxy) is 1. The van der Waals surface area contributed by atoms with E-state index >= 15 is 0 Å². The first-order valence-electron chi connectivity index (χ1n) is 5.56. The molecule has 0 aromatic heterocycles. The van der Waals surface area contributed by atoms with Gasteiger partial charge in [-0.05, 0) is 18.2 Å². The van der Waals surface area contributed by atoms with Crippen LogP contribution in [0.3, 0.4) is 0 Å². The number of benzene rings is 1. The van der Waals surface area contributed by atoms with Crippen LogP contribution in [0.4, 0.5) is 0 Å². The van der Waals surface area contributed by atoms with Crippen molar-refractivity contribution >= 4 is 23.4 Å². The van der Waals surface area contributed by atoms with E-state index in [4.69, 9.17) is 16.3 Å². The molecule has 1 saturated heterocycles. The Bertz CT molecular complexity index is 460. The summed E-state index contributed by atoms with van der Waals surface area (Å²) in [5.74, 6) is -0.545. The molecular formula is C12H13ClN2O3. The van der Waals surface area contributed by atoms with Gasteiger partial charge in [0.2, 0.25) is 5.91 Å². The molecule has 0 radical (unpaired) electrons. The summed E-state index contributed by atoms with van der Waals surface area (Å²) in [6.07, 6.45) is 0. The van der Waals surface area contributed by atoms with Crippen LogP contribution in [-0.4, -0.2) is 37.6 Å². The number of nitrogens with one attached hydrogen (secondary N) is 2. The van der Waals surface area contributed by atoms with Crippen LogP contribution in [0.15, 0.2) is 24.3 Å². The van der Waals surface area contributed by atoms with E-state index < -0.39 is 0 Å². The molecule has 1 aliphatic heterocycles. The molecular weight excluding hydrogens is 256 g/mol. The van der Waals surface area contributed by atoms with Crippen molar-refractivity contribution in [1.29, 1.82) is 0 Å². The molecule has 0 saturated carbocycles. The lowest BCUT2D eigenvalue weighted by molar-refractivity contribution is -0.124. The van der Waals surface area contributed by atoms with Gasteiger partial charge in [-0.15, -0.1) is 0 Å². The van der Waals surface area contributed by atoms with Crippen LogP contribution in [-0.2, 0) is 9.53 Å². The Morgan fingerprint density at radius 3 is 2.78 bits per heavy atom. The van der Waals surface area contributed by atoms with Crippen LogP contribution in [0.2, 0.25) is 5.02 Å². The summed E-state index contributed by atoms with van der Waals surface area (Å²) in [6.45, 7) is 1.02. The lowest BCUT2D eigenvalue weighted by atomic mass is 10.2. The minimum Gasteiger partial charge on any atom is -0.377 e. The minimum atomic E-state index is -0.322. The number of carbonyl (C=O) groups is 2. The largest absolute Gasteiger partial charge is 0.377 e. The normalized spacial score (nSPS) is 14.7. The highest BCUT2D eigenvalue weighted by molar-refractivity contribution is 6.30. The van der Waals surface area contributed by atoms with Gasteiger partial charge in [-0.1, -0.05) is 17.7 Å². The fourth-order valence-electron chi connectivity index (χ4n) is 1.49.